The fourth-order valence-corrected chi connectivity index (χ4v) is 4.87. The molecule has 0 aliphatic carbocycles. The summed E-state index contributed by atoms with van der Waals surface area (Å²) in [6.45, 7) is 5.04. The largest absolute Gasteiger partial charge is 0.484 e. The van der Waals surface area contributed by atoms with E-state index in [1.54, 1.807) is 4.31 Å². The number of carbonyl (C=O) groups is 1. The average Bonchev–Trinajstić information content (AvgIpc) is 2.66. The molecule has 1 amide bonds. The standard InChI is InChI=1S/C20H32N2O4S/c1-3-5-15-27(24,25)22-13-11-18(12-14-22)21-20(23)16-26-19-9-7-17(6-4-2)8-10-19/h7-10,18H,3-6,11-16H2,1-2H3,(H,21,23). The molecule has 0 aromatic heterocycles. The predicted octanol–water partition coefficient (Wildman–Crippen LogP) is 2.73. The third kappa shape index (κ3) is 7.14. The van der Waals surface area contributed by atoms with E-state index in [0.29, 0.717) is 38.1 Å². The van der Waals surface area contributed by atoms with E-state index in [-0.39, 0.29) is 24.3 Å². The third-order valence-electron chi connectivity index (χ3n) is 4.80. The molecule has 1 aliphatic heterocycles. The molecule has 7 heteroatoms. The van der Waals surface area contributed by atoms with Gasteiger partial charge in [0, 0.05) is 19.1 Å². The summed E-state index contributed by atoms with van der Waals surface area (Å²) in [5.74, 6) is 0.729. The minimum Gasteiger partial charge on any atom is -0.484 e. The van der Waals surface area contributed by atoms with Crippen LogP contribution in [0.5, 0.6) is 5.75 Å². The van der Waals surface area contributed by atoms with E-state index < -0.39 is 10.0 Å². The zero-order valence-corrected chi connectivity index (χ0v) is 17.3. The molecule has 1 aromatic rings. The van der Waals surface area contributed by atoms with Gasteiger partial charge in [0.25, 0.3) is 5.91 Å². The van der Waals surface area contributed by atoms with Crippen LogP contribution >= 0.6 is 0 Å². The zero-order valence-electron chi connectivity index (χ0n) is 16.4. The molecule has 1 aromatic carbocycles. The van der Waals surface area contributed by atoms with Crippen molar-refractivity contribution in [3.05, 3.63) is 29.8 Å². The summed E-state index contributed by atoms with van der Waals surface area (Å²) in [6.07, 6.45) is 4.98. The summed E-state index contributed by atoms with van der Waals surface area (Å²) in [6, 6.07) is 7.82. The number of nitrogens with one attached hydrogen (secondary N) is 1. The van der Waals surface area contributed by atoms with E-state index in [4.69, 9.17) is 4.74 Å². The van der Waals surface area contributed by atoms with Crippen LogP contribution in [0.4, 0.5) is 0 Å². The highest BCUT2D eigenvalue weighted by molar-refractivity contribution is 7.89. The van der Waals surface area contributed by atoms with Crippen LogP contribution in [0.1, 0.15) is 51.5 Å². The second-order valence-corrected chi connectivity index (χ2v) is 9.18. The van der Waals surface area contributed by atoms with Crippen molar-refractivity contribution in [2.75, 3.05) is 25.4 Å². The monoisotopic (exact) mass is 396 g/mol. The van der Waals surface area contributed by atoms with Gasteiger partial charge in [-0.15, -0.1) is 0 Å². The first-order chi connectivity index (χ1) is 12.9. The number of rotatable bonds is 10. The summed E-state index contributed by atoms with van der Waals surface area (Å²) in [5.41, 5.74) is 1.26. The molecular weight excluding hydrogens is 364 g/mol. The molecule has 0 bridgehead atoms. The molecule has 0 radical (unpaired) electrons. The molecule has 1 saturated heterocycles. The van der Waals surface area contributed by atoms with Gasteiger partial charge in [-0.3, -0.25) is 4.79 Å². The highest BCUT2D eigenvalue weighted by Crippen LogP contribution is 2.16. The molecule has 152 valence electrons. The van der Waals surface area contributed by atoms with Crippen LogP contribution in [0.15, 0.2) is 24.3 Å². The van der Waals surface area contributed by atoms with Gasteiger partial charge in [0.2, 0.25) is 10.0 Å². The van der Waals surface area contributed by atoms with Crippen molar-refractivity contribution < 1.29 is 17.9 Å². The highest BCUT2D eigenvalue weighted by Gasteiger charge is 2.28. The normalized spacial score (nSPS) is 16.2. The van der Waals surface area contributed by atoms with Gasteiger partial charge in [-0.1, -0.05) is 38.8 Å². The van der Waals surface area contributed by atoms with Crippen molar-refractivity contribution in [3.63, 3.8) is 0 Å². The third-order valence-corrected chi connectivity index (χ3v) is 6.76. The number of sulfonamides is 1. The molecule has 1 N–H and O–H groups in total. The maximum Gasteiger partial charge on any atom is 0.258 e. The number of piperidine rings is 1. The number of carbonyl (C=O) groups excluding carboxylic acids is 1. The number of ether oxygens (including phenoxy) is 1. The number of amides is 1. The molecule has 0 saturated carbocycles. The van der Waals surface area contributed by atoms with Crippen LogP contribution in [0, 0.1) is 0 Å². The van der Waals surface area contributed by atoms with Crippen LogP contribution in [-0.4, -0.2) is 50.1 Å². The Hall–Kier alpha value is -1.60. The Morgan fingerprint density at radius 3 is 2.41 bits per heavy atom. The van der Waals surface area contributed by atoms with E-state index in [0.717, 1.165) is 19.3 Å². The van der Waals surface area contributed by atoms with E-state index in [1.807, 2.05) is 31.2 Å². The van der Waals surface area contributed by atoms with Gasteiger partial charge in [0.05, 0.1) is 5.75 Å². The molecule has 0 spiro atoms. The second-order valence-electron chi connectivity index (χ2n) is 7.09. The van der Waals surface area contributed by atoms with Crippen molar-refractivity contribution in [1.82, 2.24) is 9.62 Å². The molecule has 2 rings (SSSR count). The SMILES string of the molecule is CCCCS(=O)(=O)N1CCC(NC(=O)COc2ccc(CCC)cc2)CC1. The maximum atomic E-state index is 12.2. The molecule has 0 unspecified atom stereocenters. The summed E-state index contributed by atoms with van der Waals surface area (Å²) in [4.78, 5) is 12.1. The Kier molecular flexibility index (Phi) is 8.57. The molecule has 27 heavy (non-hydrogen) atoms. The smallest absolute Gasteiger partial charge is 0.258 e. The van der Waals surface area contributed by atoms with Gasteiger partial charge in [0.1, 0.15) is 5.75 Å². The van der Waals surface area contributed by atoms with Crippen molar-refractivity contribution >= 4 is 15.9 Å². The predicted molar refractivity (Wildman–Crippen MR) is 107 cm³/mol. The first-order valence-corrected chi connectivity index (χ1v) is 11.5. The first-order valence-electron chi connectivity index (χ1n) is 9.93. The Morgan fingerprint density at radius 1 is 1.15 bits per heavy atom. The van der Waals surface area contributed by atoms with E-state index >= 15 is 0 Å². The Bertz CT molecular complexity index is 680. The molecule has 6 nitrogen and oxygen atoms in total. The first kappa shape index (κ1) is 21.7. The summed E-state index contributed by atoms with van der Waals surface area (Å²) < 4.78 is 31.5. The number of unbranched alkanes of at least 4 members (excludes halogenated alkanes) is 1. The minimum absolute atomic E-state index is 0.00524. The molecule has 0 atom stereocenters. The van der Waals surface area contributed by atoms with Gasteiger partial charge in [-0.05, 0) is 43.4 Å². The number of nitrogens with zero attached hydrogens (tertiary/aromatic N) is 1. The molecule has 1 aliphatic rings. The second kappa shape index (κ2) is 10.7. The number of benzene rings is 1. The quantitative estimate of drug-likeness (QED) is 0.660. The molecular formula is C20H32N2O4S. The summed E-state index contributed by atoms with van der Waals surface area (Å²) in [5, 5.41) is 2.95. The Morgan fingerprint density at radius 2 is 1.81 bits per heavy atom. The lowest BCUT2D eigenvalue weighted by atomic mass is 10.1. The van der Waals surface area contributed by atoms with Crippen LogP contribution < -0.4 is 10.1 Å². The van der Waals surface area contributed by atoms with Gasteiger partial charge < -0.3 is 10.1 Å². The Labute approximate surface area is 163 Å². The maximum absolute atomic E-state index is 12.2. The molecule has 1 heterocycles. The van der Waals surface area contributed by atoms with Crippen molar-refractivity contribution in [2.45, 2.75) is 58.4 Å². The minimum atomic E-state index is -3.16. The van der Waals surface area contributed by atoms with E-state index in [2.05, 4.69) is 12.2 Å². The van der Waals surface area contributed by atoms with Crippen molar-refractivity contribution in [2.24, 2.45) is 0 Å². The molecule has 1 fully saturated rings. The Balaban J connectivity index is 1.71. The lowest BCUT2D eigenvalue weighted by Crippen LogP contribution is -2.47. The summed E-state index contributed by atoms with van der Waals surface area (Å²) >= 11 is 0. The fraction of sp³-hybridized carbons (Fsp3) is 0.650. The van der Waals surface area contributed by atoms with E-state index in [1.165, 1.54) is 5.56 Å². The average molecular weight is 397 g/mol. The van der Waals surface area contributed by atoms with Crippen LogP contribution in [0.3, 0.4) is 0 Å². The van der Waals surface area contributed by atoms with Gasteiger partial charge in [-0.2, -0.15) is 0 Å². The van der Waals surface area contributed by atoms with Crippen LogP contribution in [0.2, 0.25) is 0 Å². The fourth-order valence-electron chi connectivity index (χ4n) is 3.19. The lowest BCUT2D eigenvalue weighted by molar-refractivity contribution is -0.124. The number of hydrogen-bond donors (Lipinski definition) is 1. The van der Waals surface area contributed by atoms with Gasteiger partial charge in [-0.25, -0.2) is 12.7 Å². The van der Waals surface area contributed by atoms with E-state index in [9.17, 15) is 13.2 Å². The van der Waals surface area contributed by atoms with Crippen molar-refractivity contribution in [1.29, 1.82) is 0 Å². The zero-order chi connectivity index (χ0) is 19.7. The van der Waals surface area contributed by atoms with Crippen molar-refractivity contribution in [3.8, 4) is 5.75 Å². The lowest BCUT2D eigenvalue weighted by Gasteiger charge is -2.31. The number of hydrogen-bond acceptors (Lipinski definition) is 4. The van der Waals surface area contributed by atoms with Gasteiger partial charge >= 0.3 is 0 Å². The highest BCUT2D eigenvalue weighted by atomic mass is 32.2. The number of aryl methyl sites for hydroxylation is 1. The topological polar surface area (TPSA) is 75.7 Å². The van der Waals surface area contributed by atoms with Crippen LogP contribution in [-0.2, 0) is 21.2 Å². The van der Waals surface area contributed by atoms with Gasteiger partial charge in [0.15, 0.2) is 6.61 Å². The van der Waals surface area contributed by atoms with Crippen LogP contribution in [0.25, 0.3) is 0 Å². The summed E-state index contributed by atoms with van der Waals surface area (Å²) in [7, 11) is -3.16.